The van der Waals surface area contributed by atoms with E-state index >= 15 is 0 Å². The third-order valence-electron chi connectivity index (χ3n) is 3.55. The first-order valence-corrected chi connectivity index (χ1v) is 10.1. The Balaban J connectivity index is 0.00000104. The van der Waals surface area contributed by atoms with Crippen LogP contribution in [0.3, 0.4) is 0 Å². The Kier molecular flexibility index (Phi) is 12.2. The van der Waals surface area contributed by atoms with Crippen molar-refractivity contribution in [3.8, 4) is 11.1 Å². The van der Waals surface area contributed by atoms with E-state index in [-0.39, 0.29) is 5.16 Å². The second-order valence-corrected chi connectivity index (χ2v) is 7.97. The lowest BCUT2D eigenvalue weighted by Crippen LogP contribution is -2.05. The lowest BCUT2D eigenvalue weighted by atomic mass is 9.97. The molecule has 0 fully saturated rings. The Labute approximate surface area is 159 Å². The van der Waals surface area contributed by atoms with Crippen LogP contribution in [0, 0.1) is 0 Å². The van der Waals surface area contributed by atoms with E-state index in [9.17, 15) is 0 Å². The molecular formula is C24H37P. The van der Waals surface area contributed by atoms with Gasteiger partial charge in [0.25, 0.3) is 0 Å². The molecule has 0 bridgehead atoms. The normalized spacial score (nSPS) is 10.0. The molecule has 138 valence electrons. The molecule has 0 aliphatic rings. The highest BCUT2D eigenvalue weighted by atomic mass is 31.0. The molecule has 0 radical (unpaired) electrons. The monoisotopic (exact) mass is 356 g/mol. The number of hydrogen-bond donors (Lipinski definition) is 0. The highest BCUT2D eigenvalue weighted by Crippen LogP contribution is 2.31. The van der Waals surface area contributed by atoms with E-state index in [2.05, 4.69) is 92.0 Å². The summed E-state index contributed by atoms with van der Waals surface area (Å²) < 4.78 is 0. The van der Waals surface area contributed by atoms with E-state index in [4.69, 9.17) is 0 Å². The van der Waals surface area contributed by atoms with Crippen molar-refractivity contribution in [2.24, 2.45) is 0 Å². The number of rotatable bonds is 5. The average Bonchev–Trinajstić information content (AvgIpc) is 2.62. The second kappa shape index (κ2) is 12.9. The molecule has 0 heterocycles. The van der Waals surface area contributed by atoms with Crippen LogP contribution in [0.5, 0.6) is 0 Å². The van der Waals surface area contributed by atoms with Gasteiger partial charge in [-0.25, -0.2) is 0 Å². The van der Waals surface area contributed by atoms with Gasteiger partial charge in [0, 0.05) is 5.16 Å². The van der Waals surface area contributed by atoms with Crippen molar-refractivity contribution < 1.29 is 0 Å². The average molecular weight is 357 g/mol. The van der Waals surface area contributed by atoms with Crippen molar-refractivity contribution in [1.82, 2.24) is 0 Å². The molecule has 25 heavy (non-hydrogen) atoms. The van der Waals surface area contributed by atoms with Crippen LogP contribution in [0.2, 0.25) is 0 Å². The predicted octanol–water partition coefficient (Wildman–Crippen LogP) is 8.02. The Hall–Kier alpha value is -1.39. The van der Waals surface area contributed by atoms with Crippen molar-refractivity contribution in [3.63, 3.8) is 0 Å². The first-order valence-electron chi connectivity index (χ1n) is 9.52. The molecule has 2 aromatic carbocycles. The molecule has 2 aromatic rings. The molecule has 1 atom stereocenters. The van der Waals surface area contributed by atoms with E-state index in [0.29, 0.717) is 0 Å². The Morgan fingerprint density at radius 2 is 1.28 bits per heavy atom. The summed E-state index contributed by atoms with van der Waals surface area (Å²) in [4.78, 5) is 0. The predicted molar refractivity (Wildman–Crippen MR) is 120 cm³/mol. The third kappa shape index (κ3) is 9.03. The summed E-state index contributed by atoms with van der Waals surface area (Å²) in [6.07, 6.45) is 5.33. The molecule has 1 heteroatoms. The summed E-state index contributed by atoms with van der Waals surface area (Å²) in [6, 6.07) is 17.7. The molecule has 2 rings (SSSR count). The molecule has 0 N–H and O–H groups in total. The van der Waals surface area contributed by atoms with Gasteiger partial charge in [0.1, 0.15) is 0 Å². The molecule has 0 aliphatic heterocycles. The maximum atomic E-state index is 3.77. The van der Waals surface area contributed by atoms with E-state index in [1.54, 1.807) is 0 Å². The first kappa shape index (κ1) is 23.6. The van der Waals surface area contributed by atoms with E-state index in [1.807, 2.05) is 19.9 Å². The maximum Gasteiger partial charge on any atom is 0.00413 e. The van der Waals surface area contributed by atoms with Crippen LogP contribution >= 0.6 is 9.24 Å². The van der Waals surface area contributed by atoms with Gasteiger partial charge in [-0.05, 0) is 35.1 Å². The van der Waals surface area contributed by atoms with Crippen LogP contribution in [0.1, 0.15) is 65.5 Å². The van der Waals surface area contributed by atoms with Crippen molar-refractivity contribution >= 4 is 9.24 Å². The second-order valence-electron chi connectivity index (χ2n) is 6.53. The van der Waals surface area contributed by atoms with Gasteiger partial charge in [0.05, 0.1) is 0 Å². The van der Waals surface area contributed by atoms with Crippen LogP contribution in [-0.4, -0.2) is 0 Å². The van der Waals surface area contributed by atoms with Crippen molar-refractivity contribution in [3.05, 3.63) is 72.3 Å². The summed E-state index contributed by atoms with van der Waals surface area (Å²) in [5.74, 6) is 0. The lowest BCUT2D eigenvalue weighted by molar-refractivity contribution is 0.783. The molecular weight excluding hydrogens is 319 g/mol. The fraction of sp³-hybridized carbons (Fsp3) is 0.417. The topological polar surface area (TPSA) is 0 Å². The standard InChI is InChI=1S/C19H23P.C3H8.C2H6/c1-4-5-6-15-7-9-16(10-8-15)17-11-13-18(14-12-17)19(2,3)20;1-3-2;1-2/h4,7-14H,1,5-6,20H2,2-3H3;3H2,1-2H3;1-2H3. The SMILES string of the molecule is C=CCCc1ccc(-c2ccc(C(C)(C)P)cc2)cc1.CC.CCC. The molecule has 0 nitrogen and oxygen atoms in total. The Morgan fingerprint density at radius 3 is 1.64 bits per heavy atom. The van der Waals surface area contributed by atoms with Crippen LogP contribution in [-0.2, 0) is 11.6 Å². The van der Waals surface area contributed by atoms with Crippen LogP contribution in [0.25, 0.3) is 11.1 Å². The third-order valence-corrected chi connectivity index (χ3v) is 3.89. The minimum absolute atomic E-state index is 0.132. The lowest BCUT2D eigenvalue weighted by Gasteiger charge is -2.19. The number of benzene rings is 2. The van der Waals surface area contributed by atoms with Gasteiger partial charge < -0.3 is 0 Å². The zero-order valence-corrected chi connectivity index (χ0v) is 18.3. The zero-order chi connectivity index (χ0) is 19.3. The van der Waals surface area contributed by atoms with Gasteiger partial charge >= 0.3 is 0 Å². The van der Waals surface area contributed by atoms with Gasteiger partial charge in [-0.3, -0.25) is 0 Å². The van der Waals surface area contributed by atoms with Crippen molar-refractivity contribution in [2.45, 2.75) is 66.0 Å². The first-order chi connectivity index (χ1) is 11.9. The highest BCUT2D eigenvalue weighted by Gasteiger charge is 2.13. The molecule has 0 spiro atoms. The van der Waals surface area contributed by atoms with Gasteiger partial charge in [0.2, 0.25) is 0 Å². The molecule has 0 aliphatic carbocycles. The minimum Gasteiger partial charge on any atom is -0.127 e. The molecule has 0 saturated carbocycles. The van der Waals surface area contributed by atoms with Gasteiger partial charge in [-0.1, -0.05) is 103 Å². The summed E-state index contributed by atoms with van der Waals surface area (Å²) >= 11 is 0. The van der Waals surface area contributed by atoms with Crippen LogP contribution in [0.4, 0.5) is 0 Å². The fourth-order valence-corrected chi connectivity index (χ4v) is 2.42. The summed E-state index contributed by atoms with van der Waals surface area (Å²) in [7, 11) is 2.89. The number of aryl methyl sites for hydroxylation is 1. The fourth-order valence-electron chi connectivity index (χ4n) is 2.22. The smallest absolute Gasteiger partial charge is 0.00413 e. The van der Waals surface area contributed by atoms with E-state index < -0.39 is 0 Å². The van der Waals surface area contributed by atoms with Gasteiger partial charge in [-0.15, -0.1) is 15.8 Å². The zero-order valence-electron chi connectivity index (χ0n) is 17.1. The van der Waals surface area contributed by atoms with Gasteiger partial charge in [0.15, 0.2) is 0 Å². The highest BCUT2D eigenvalue weighted by molar-refractivity contribution is 7.18. The summed E-state index contributed by atoms with van der Waals surface area (Å²) in [5, 5.41) is 0.132. The minimum atomic E-state index is 0.132. The van der Waals surface area contributed by atoms with Crippen LogP contribution in [0.15, 0.2) is 61.2 Å². The largest absolute Gasteiger partial charge is 0.127 e. The molecule has 0 saturated heterocycles. The number of hydrogen-bond acceptors (Lipinski definition) is 0. The Morgan fingerprint density at radius 1 is 0.880 bits per heavy atom. The van der Waals surface area contributed by atoms with E-state index in [0.717, 1.165) is 12.8 Å². The molecule has 0 aromatic heterocycles. The maximum absolute atomic E-state index is 3.77. The van der Waals surface area contributed by atoms with Crippen LogP contribution < -0.4 is 0 Å². The van der Waals surface area contributed by atoms with Gasteiger partial charge in [-0.2, -0.15) is 0 Å². The number of allylic oxidation sites excluding steroid dienone is 1. The van der Waals surface area contributed by atoms with Crippen molar-refractivity contribution in [1.29, 1.82) is 0 Å². The summed E-state index contributed by atoms with van der Waals surface area (Å²) in [5.41, 5.74) is 5.27. The summed E-state index contributed by atoms with van der Waals surface area (Å²) in [6.45, 7) is 16.4. The van der Waals surface area contributed by atoms with Crippen molar-refractivity contribution in [2.75, 3.05) is 0 Å². The molecule has 0 amide bonds. The van der Waals surface area contributed by atoms with E-state index in [1.165, 1.54) is 28.7 Å². The Bertz CT molecular complexity index is 571. The molecule has 1 unspecified atom stereocenters. The quantitative estimate of drug-likeness (QED) is 0.376.